The van der Waals surface area contributed by atoms with Crippen molar-refractivity contribution in [1.29, 1.82) is 0 Å². The van der Waals surface area contributed by atoms with Crippen molar-refractivity contribution in [2.24, 2.45) is 0 Å². The number of carboxylic acid groups (broad SMARTS) is 4. The number of aromatic amines is 2. The van der Waals surface area contributed by atoms with Crippen molar-refractivity contribution in [3.63, 3.8) is 0 Å². The number of carboxylic acids is 4. The molecule has 0 spiro atoms. The Morgan fingerprint density at radius 3 is 1.24 bits per heavy atom. The van der Waals surface area contributed by atoms with Crippen molar-refractivity contribution in [3.8, 4) is 0 Å². The number of aliphatic carboxylic acids is 4. The van der Waals surface area contributed by atoms with Gasteiger partial charge in [-0.2, -0.15) is 9.97 Å². The molecule has 1 rings (SSSR count). The molecule has 10 N–H and O–H groups in total. The van der Waals surface area contributed by atoms with Gasteiger partial charge in [0.2, 0.25) is 0 Å². The molecule has 0 radical (unpaired) electrons. The van der Waals surface area contributed by atoms with Crippen LogP contribution in [0, 0.1) is 0 Å². The van der Waals surface area contributed by atoms with Gasteiger partial charge >= 0.3 is 29.8 Å². The molecule has 0 aliphatic carbocycles. The van der Waals surface area contributed by atoms with Gasteiger partial charge in [-0.25, -0.2) is 9.59 Å². The molecule has 0 saturated carbocycles. The lowest BCUT2D eigenvalue weighted by molar-refractivity contribution is -0.489. The molecule has 0 fully saturated rings. The van der Waals surface area contributed by atoms with Crippen LogP contribution in [0.4, 0.5) is 17.8 Å². The van der Waals surface area contributed by atoms with Crippen LogP contribution >= 0.6 is 0 Å². The lowest BCUT2D eigenvalue weighted by atomic mass is 10.7. The SMILES string of the molecule is Nc1nc(N)[nH+]c(N)[nH+]1.O=C([O-])C(=O)O.O=C([O-])C(=O)O. The molecule has 21 heavy (non-hydrogen) atoms. The quantitative estimate of drug-likeness (QED) is 0.279. The third kappa shape index (κ3) is 12.5. The van der Waals surface area contributed by atoms with Gasteiger partial charge in [0.15, 0.2) is 11.9 Å². The maximum absolute atomic E-state index is 9.04. The van der Waals surface area contributed by atoms with Gasteiger partial charge in [-0.15, -0.1) is 0 Å². The number of hydrogen-bond donors (Lipinski definition) is 5. The Bertz CT molecular complexity index is 447. The van der Waals surface area contributed by atoms with Crippen LogP contribution in [0.3, 0.4) is 0 Å². The summed E-state index contributed by atoms with van der Waals surface area (Å²) < 4.78 is 0. The topological polar surface area (TPSA) is 274 Å². The fourth-order valence-corrected chi connectivity index (χ4v) is 0.493. The minimum atomic E-state index is -2.07. The number of H-pyrrole nitrogens is 2. The van der Waals surface area contributed by atoms with Crippen molar-refractivity contribution < 1.29 is 49.6 Å². The number of carbonyl (C=O) groups excluding carboxylic acids is 2. The summed E-state index contributed by atoms with van der Waals surface area (Å²) in [5, 5.41) is 32.6. The maximum atomic E-state index is 9.04. The molecule has 0 atom stereocenters. The predicted molar refractivity (Wildman–Crippen MR) is 55.9 cm³/mol. The number of aromatic nitrogens is 3. The van der Waals surface area contributed by atoms with Crippen LogP contribution in [0.5, 0.6) is 0 Å². The van der Waals surface area contributed by atoms with Crippen LogP contribution in [0.25, 0.3) is 0 Å². The number of rotatable bonds is 0. The first kappa shape index (κ1) is 19.6. The fraction of sp³-hybridized carbons (Fsp3) is 0. The third-order valence-corrected chi connectivity index (χ3v) is 1.12. The molecule has 0 saturated heterocycles. The van der Waals surface area contributed by atoms with Crippen LogP contribution in [0.2, 0.25) is 0 Å². The number of nitrogens with two attached hydrogens (primary N) is 3. The van der Waals surface area contributed by atoms with E-state index in [0.717, 1.165) is 0 Å². The second kappa shape index (κ2) is 9.25. The number of nitrogens with one attached hydrogen (secondary N) is 2. The highest BCUT2D eigenvalue weighted by Crippen LogP contribution is 1.84. The van der Waals surface area contributed by atoms with Crippen molar-refractivity contribution >= 4 is 41.7 Å². The smallest absolute Gasteiger partial charge is 0.434 e. The highest BCUT2D eigenvalue weighted by molar-refractivity contribution is 6.26. The highest BCUT2D eigenvalue weighted by atomic mass is 16.4. The van der Waals surface area contributed by atoms with E-state index in [2.05, 4.69) is 15.0 Å². The minimum Gasteiger partial charge on any atom is -0.539 e. The number of hydrogen-bond acceptors (Lipinski definition) is 10. The van der Waals surface area contributed by atoms with Gasteiger partial charge in [0.1, 0.15) is 0 Å². The Morgan fingerprint density at radius 1 is 0.857 bits per heavy atom. The summed E-state index contributed by atoms with van der Waals surface area (Å²) in [6.45, 7) is 0. The molecule has 0 aliphatic heterocycles. The summed E-state index contributed by atoms with van der Waals surface area (Å²) in [6, 6.07) is 0. The zero-order valence-corrected chi connectivity index (χ0v) is 10.0. The molecule has 1 heterocycles. The van der Waals surface area contributed by atoms with Crippen molar-refractivity contribution in [3.05, 3.63) is 0 Å². The molecule has 0 bridgehead atoms. The Hall–Kier alpha value is -3.71. The van der Waals surface area contributed by atoms with Gasteiger partial charge in [0, 0.05) is 4.98 Å². The monoisotopic (exact) mass is 306 g/mol. The molecule has 0 aromatic carbocycles. The van der Waals surface area contributed by atoms with Gasteiger partial charge < -0.3 is 35.7 Å². The van der Waals surface area contributed by atoms with Crippen LogP contribution in [-0.2, 0) is 19.2 Å². The van der Waals surface area contributed by atoms with Gasteiger partial charge in [-0.1, -0.05) is 0 Å². The van der Waals surface area contributed by atoms with Crippen LogP contribution < -0.4 is 37.4 Å². The van der Waals surface area contributed by atoms with Crippen molar-refractivity contribution in [2.45, 2.75) is 0 Å². The summed E-state index contributed by atoms with van der Waals surface area (Å²) in [6.07, 6.45) is 0. The van der Waals surface area contributed by atoms with E-state index < -0.39 is 23.9 Å². The van der Waals surface area contributed by atoms with Crippen molar-refractivity contribution in [2.75, 3.05) is 17.2 Å². The van der Waals surface area contributed by atoms with E-state index in [0.29, 0.717) is 5.95 Å². The normalized spacial score (nSPS) is 8.19. The summed E-state index contributed by atoms with van der Waals surface area (Å²) >= 11 is 0. The van der Waals surface area contributed by atoms with Crippen LogP contribution in [0.15, 0.2) is 0 Å². The first-order valence-corrected chi connectivity index (χ1v) is 4.49. The van der Waals surface area contributed by atoms with Gasteiger partial charge in [0.25, 0.3) is 0 Å². The van der Waals surface area contributed by atoms with Crippen molar-refractivity contribution in [1.82, 2.24) is 4.98 Å². The zero-order valence-electron chi connectivity index (χ0n) is 10.0. The van der Waals surface area contributed by atoms with Gasteiger partial charge in [-0.05, 0) is 0 Å². The van der Waals surface area contributed by atoms with Gasteiger partial charge in [0.05, 0.1) is 0 Å². The predicted octanol–water partition coefficient (Wildman–Crippen LogP) is -6.90. The van der Waals surface area contributed by atoms with E-state index in [1.54, 1.807) is 0 Å². The molecule has 1 aromatic rings. The lowest BCUT2D eigenvalue weighted by Crippen LogP contribution is -2.30. The molecule has 0 unspecified atom stereocenters. The number of carbonyl (C=O) groups is 4. The largest absolute Gasteiger partial charge is 0.539 e. The first-order chi connectivity index (χ1) is 9.47. The summed E-state index contributed by atoms with van der Waals surface area (Å²) in [7, 11) is 0. The molecular weight excluding hydrogens is 296 g/mol. The minimum absolute atomic E-state index is 0.198. The Labute approximate surface area is 114 Å². The average Bonchev–Trinajstić information content (AvgIpc) is 2.27. The number of nitrogens with zero attached hydrogens (tertiary/aromatic N) is 1. The van der Waals surface area contributed by atoms with E-state index in [-0.39, 0.29) is 11.9 Å². The highest BCUT2D eigenvalue weighted by Gasteiger charge is 2.06. The molecule has 1 aromatic heterocycles. The molecular formula is C7H10N6O8. The number of anilines is 3. The van der Waals surface area contributed by atoms with E-state index in [1.165, 1.54) is 0 Å². The third-order valence-electron chi connectivity index (χ3n) is 1.12. The second-order valence-electron chi connectivity index (χ2n) is 2.73. The van der Waals surface area contributed by atoms with E-state index in [4.69, 9.17) is 56.8 Å². The standard InChI is InChI=1S/C3H6N6.2C2H2O4/c4-1-7-2(5)9-3(6)8-1;2*3-1(4)2(5)6/h(H6,4,5,6,7,8,9);2*(H,3,4)(H,5,6). The second-order valence-corrected chi connectivity index (χ2v) is 2.73. The Morgan fingerprint density at radius 2 is 1.10 bits per heavy atom. The Balaban J connectivity index is 0. The average molecular weight is 306 g/mol. The van der Waals surface area contributed by atoms with E-state index in [9.17, 15) is 0 Å². The maximum Gasteiger partial charge on any atom is 0.434 e. The summed E-state index contributed by atoms with van der Waals surface area (Å²) in [5.74, 6) is -7.33. The molecule has 116 valence electrons. The molecule has 0 aliphatic rings. The van der Waals surface area contributed by atoms with Crippen LogP contribution in [-0.4, -0.2) is 39.1 Å². The zero-order chi connectivity index (χ0) is 17.2. The van der Waals surface area contributed by atoms with E-state index in [1.807, 2.05) is 0 Å². The van der Waals surface area contributed by atoms with E-state index >= 15 is 0 Å². The van der Waals surface area contributed by atoms with Crippen LogP contribution in [0.1, 0.15) is 0 Å². The lowest BCUT2D eigenvalue weighted by Gasteiger charge is -1.85. The Kier molecular flexibility index (Phi) is 8.65. The van der Waals surface area contributed by atoms with Gasteiger partial charge in [-0.3, -0.25) is 11.5 Å². The summed E-state index contributed by atoms with van der Waals surface area (Å²) in [5.41, 5.74) is 15.7. The molecule has 0 amide bonds. The molecule has 14 heteroatoms. The molecule has 14 nitrogen and oxygen atoms in total. The number of nitrogen functional groups attached to an aromatic ring is 3. The first-order valence-electron chi connectivity index (χ1n) is 4.49. The summed E-state index contributed by atoms with van der Waals surface area (Å²) in [4.78, 5) is 44.7. The fourth-order valence-electron chi connectivity index (χ4n) is 0.493.